The van der Waals surface area contributed by atoms with Crippen LogP contribution in [0, 0.1) is 0 Å². The van der Waals surface area contributed by atoms with Crippen LogP contribution in [-0.4, -0.2) is 43.7 Å². The normalized spacial score (nSPS) is 17.6. The van der Waals surface area contributed by atoms with Crippen molar-refractivity contribution in [3.63, 3.8) is 0 Å². The van der Waals surface area contributed by atoms with Crippen molar-refractivity contribution >= 4 is 27.6 Å². The molecule has 1 atom stereocenters. The predicted molar refractivity (Wildman–Crippen MR) is 107 cm³/mol. The molecule has 2 heterocycles. The number of hydrogen-bond donors (Lipinski definition) is 2. The first kappa shape index (κ1) is 17.7. The van der Waals surface area contributed by atoms with E-state index in [9.17, 15) is 0 Å². The van der Waals surface area contributed by atoms with Gasteiger partial charge in [0.25, 0.3) is 0 Å². The van der Waals surface area contributed by atoms with Gasteiger partial charge in [-0.2, -0.15) is 0 Å². The number of halogens is 1. The number of guanidine groups is 1. The molecule has 0 aliphatic carbocycles. The molecule has 1 aliphatic heterocycles. The van der Waals surface area contributed by atoms with E-state index in [0.29, 0.717) is 6.04 Å². The number of rotatable bonds is 5. The van der Waals surface area contributed by atoms with Gasteiger partial charge in [-0.1, -0.05) is 22.0 Å². The van der Waals surface area contributed by atoms with Crippen molar-refractivity contribution in [1.82, 2.24) is 15.6 Å². The SMILES string of the molecule is CN=C(NCCc1ccccn1)NC1CCN(c2ccc(Br)cc2)C1. The van der Waals surface area contributed by atoms with Crippen LogP contribution in [0.2, 0.25) is 0 Å². The second kappa shape index (κ2) is 8.85. The molecule has 1 aromatic heterocycles. The van der Waals surface area contributed by atoms with Crippen LogP contribution in [0.15, 0.2) is 58.1 Å². The molecule has 1 saturated heterocycles. The number of pyridine rings is 1. The smallest absolute Gasteiger partial charge is 0.191 e. The highest BCUT2D eigenvalue weighted by Gasteiger charge is 2.23. The number of hydrogen-bond acceptors (Lipinski definition) is 3. The summed E-state index contributed by atoms with van der Waals surface area (Å²) in [6, 6.07) is 14.9. The number of nitrogens with zero attached hydrogens (tertiary/aromatic N) is 3. The van der Waals surface area contributed by atoms with Crippen LogP contribution < -0.4 is 15.5 Å². The monoisotopic (exact) mass is 401 g/mol. The van der Waals surface area contributed by atoms with Crippen LogP contribution in [0.1, 0.15) is 12.1 Å². The van der Waals surface area contributed by atoms with Crippen molar-refractivity contribution in [2.75, 3.05) is 31.6 Å². The van der Waals surface area contributed by atoms with E-state index in [2.05, 4.69) is 65.7 Å². The summed E-state index contributed by atoms with van der Waals surface area (Å²) >= 11 is 3.49. The first-order valence-corrected chi connectivity index (χ1v) is 9.41. The van der Waals surface area contributed by atoms with Gasteiger partial charge in [-0.3, -0.25) is 9.98 Å². The molecule has 0 radical (unpaired) electrons. The molecule has 0 saturated carbocycles. The summed E-state index contributed by atoms with van der Waals surface area (Å²) in [5.74, 6) is 0.860. The Bertz CT molecular complexity index is 687. The first-order chi connectivity index (χ1) is 12.2. The van der Waals surface area contributed by atoms with Crippen molar-refractivity contribution in [2.45, 2.75) is 18.9 Å². The van der Waals surface area contributed by atoms with E-state index in [4.69, 9.17) is 0 Å². The predicted octanol–water partition coefficient (Wildman–Crippen LogP) is 2.83. The molecule has 6 heteroatoms. The van der Waals surface area contributed by atoms with Crippen LogP contribution in [0.3, 0.4) is 0 Å². The minimum absolute atomic E-state index is 0.407. The molecule has 1 aromatic carbocycles. The molecule has 3 rings (SSSR count). The van der Waals surface area contributed by atoms with E-state index in [1.807, 2.05) is 31.4 Å². The molecule has 1 unspecified atom stereocenters. The Morgan fingerprint density at radius 3 is 2.84 bits per heavy atom. The summed E-state index contributed by atoms with van der Waals surface area (Å²) in [4.78, 5) is 11.1. The second-order valence-corrected chi connectivity index (χ2v) is 7.04. The topological polar surface area (TPSA) is 52.6 Å². The van der Waals surface area contributed by atoms with Crippen molar-refractivity contribution in [2.24, 2.45) is 4.99 Å². The van der Waals surface area contributed by atoms with Crippen LogP contribution in [0.5, 0.6) is 0 Å². The molecule has 1 fully saturated rings. The maximum Gasteiger partial charge on any atom is 0.191 e. The van der Waals surface area contributed by atoms with Gasteiger partial charge >= 0.3 is 0 Å². The Morgan fingerprint density at radius 2 is 2.12 bits per heavy atom. The highest BCUT2D eigenvalue weighted by Crippen LogP contribution is 2.22. The third kappa shape index (κ3) is 5.19. The standard InChI is InChI=1S/C19H24BrN5/c1-21-19(23-12-9-16-4-2-3-11-22-16)24-17-10-13-25(14-17)18-7-5-15(20)6-8-18/h2-8,11,17H,9-10,12-14H2,1H3,(H2,21,23,24). The highest BCUT2D eigenvalue weighted by molar-refractivity contribution is 9.10. The Hall–Kier alpha value is -2.08. The fraction of sp³-hybridized carbons (Fsp3) is 0.368. The first-order valence-electron chi connectivity index (χ1n) is 8.62. The van der Waals surface area contributed by atoms with Crippen molar-refractivity contribution in [1.29, 1.82) is 0 Å². The zero-order valence-corrected chi connectivity index (χ0v) is 16.0. The van der Waals surface area contributed by atoms with E-state index in [0.717, 1.165) is 48.6 Å². The van der Waals surface area contributed by atoms with Gasteiger partial charge in [0.05, 0.1) is 0 Å². The number of anilines is 1. The van der Waals surface area contributed by atoms with Gasteiger partial charge in [0.2, 0.25) is 0 Å². The molecule has 132 valence electrons. The van der Waals surface area contributed by atoms with Crippen molar-refractivity contribution in [3.8, 4) is 0 Å². The summed E-state index contributed by atoms with van der Waals surface area (Å²) in [6.45, 7) is 2.87. The van der Waals surface area contributed by atoms with Crippen molar-refractivity contribution < 1.29 is 0 Å². The summed E-state index contributed by atoms with van der Waals surface area (Å²) in [6.07, 6.45) is 3.83. The molecule has 5 nitrogen and oxygen atoms in total. The largest absolute Gasteiger partial charge is 0.369 e. The highest BCUT2D eigenvalue weighted by atomic mass is 79.9. The third-order valence-electron chi connectivity index (χ3n) is 4.34. The quantitative estimate of drug-likeness (QED) is 0.597. The summed E-state index contributed by atoms with van der Waals surface area (Å²) in [7, 11) is 1.82. The molecule has 0 bridgehead atoms. The number of aliphatic imine (C=N–C) groups is 1. The van der Waals surface area contributed by atoms with Gasteiger partial charge in [0, 0.05) is 61.2 Å². The minimum Gasteiger partial charge on any atom is -0.369 e. The van der Waals surface area contributed by atoms with E-state index in [-0.39, 0.29) is 0 Å². The molecule has 2 aromatic rings. The lowest BCUT2D eigenvalue weighted by Gasteiger charge is -2.20. The van der Waals surface area contributed by atoms with E-state index in [1.54, 1.807) is 0 Å². The number of benzene rings is 1. The lowest BCUT2D eigenvalue weighted by atomic mass is 10.2. The molecule has 0 amide bonds. The second-order valence-electron chi connectivity index (χ2n) is 6.12. The van der Waals surface area contributed by atoms with Gasteiger partial charge in [-0.25, -0.2) is 0 Å². The molecule has 2 N–H and O–H groups in total. The van der Waals surface area contributed by atoms with Crippen LogP contribution in [0.25, 0.3) is 0 Å². The Labute approximate surface area is 157 Å². The Morgan fingerprint density at radius 1 is 1.28 bits per heavy atom. The number of nitrogens with one attached hydrogen (secondary N) is 2. The lowest BCUT2D eigenvalue weighted by Crippen LogP contribution is -2.45. The zero-order chi connectivity index (χ0) is 17.5. The average molecular weight is 402 g/mol. The van der Waals surface area contributed by atoms with Crippen molar-refractivity contribution in [3.05, 3.63) is 58.8 Å². The van der Waals surface area contributed by atoms with Crippen LogP contribution in [0.4, 0.5) is 5.69 Å². The van der Waals surface area contributed by atoms with Crippen LogP contribution >= 0.6 is 15.9 Å². The summed E-state index contributed by atoms with van der Waals surface area (Å²) in [5.41, 5.74) is 2.36. The average Bonchev–Trinajstić information content (AvgIpc) is 3.11. The summed E-state index contributed by atoms with van der Waals surface area (Å²) < 4.78 is 1.11. The fourth-order valence-corrected chi connectivity index (χ4v) is 3.27. The summed E-state index contributed by atoms with van der Waals surface area (Å²) in [5, 5.41) is 6.91. The fourth-order valence-electron chi connectivity index (χ4n) is 3.01. The molecular formula is C19H24BrN5. The van der Waals surface area contributed by atoms with Gasteiger partial charge in [-0.05, 0) is 42.8 Å². The molecule has 0 spiro atoms. The maximum atomic E-state index is 4.34. The van der Waals surface area contributed by atoms with E-state index < -0.39 is 0 Å². The third-order valence-corrected chi connectivity index (χ3v) is 4.87. The Balaban J connectivity index is 1.45. The molecule has 25 heavy (non-hydrogen) atoms. The van der Waals surface area contributed by atoms with Gasteiger partial charge in [-0.15, -0.1) is 0 Å². The van der Waals surface area contributed by atoms with E-state index >= 15 is 0 Å². The minimum atomic E-state index is 0.407. The van der Waals surface area contributed by atoms with Gasteiger partial charge in [0.15, 0.2) is 5.96 Å². The zero-order valence-electron chi connectivity index (χ0n) is 14.5. The van der Waals surface area contributed by atoms with Crippen LogP contribution in [-0.2, 0) is 6.42 Å². The Kier molecular flexibility index (Phi) is 6.28. The van der Waals surface area contributed by atoms with Gasteiger partial charge < -0.3 is 15.5 Å². The lowest BCUT2D eigenvalue weighted by molar-refractivity contribution is 0.647. The number of aromatic nitrogens is 1. The van der Waals surface area contributed by atoms with Gasteiger partial charge in [0.1, 0.15) is 0 Å². The maximum absolute atomic E-state index is 4.34. The molecular weight excluding hydrogens is 378 g/mol. The molecule has 1 aliphatic rings. The van der Waals surface area contributed by atoms with E-state index in [1.165, 1.54) is 5.69 Å².